The molecule has 0 radical (unpaired) electrons. The lowest BCUT2D eigenvalue weighted by atomic mass is 9.98. The summed E-state index contributed by atoms with van der Waals surface area (Å²) in [4.78, 5) is 0. The fraction of sp³-hybridized carbons (Fsp3) is 0.481. The van der Waals surface area contributed by atoms with Gasteiger partial charge in [-0.1, -0.05) is 6.07 Å². The fourth-order valence-electron chi connectivity index (χ4n) is 4.95. The molecule has 2 aromatic carbocycles. The Morgan fingerprint density at radius 2 is 1.23 bits per heavy atom. The molecule has 0 saturated carbocycles. The number of phenolic OH excluding ortho intramolecular Hbond substituents is 3. The van der Waals surface area contributed by atoms with Gasteiger partial charge in [0, 0.05) is 17.7 Å². The lowest BCUT2D eigenvalue weighted by molar-refractivity contribution is -0.293. The molecule has 0 bridgehead atoms. The van der Waals surface area contributed by atoms with E-state index >= 15 is 0 Å². The number of ether oxygens (including phenoxy) is 5. The van der Waals surface area contributed by atoms with Gasteiger partial charge in [0.05, 0.1) is 18.8 Å². The van der Waals surface area contributed by atoms with Crippen molar-refractivity contribution in [1.82, 2.24) is 0 Å². The number of rotatable bonds is 7. The molecule has 2 fully saturated rings. The third kappa shape index (κ3) is 5.89. The summed E-state index contributed by atoms with van der Waals surface area (Å²) in [5.74, 6) is -1.70. The molecule has 3 heterocycles. The lowest BCUT2D eigenvalue weighted by Crippen LogP contribution is -2.60. The zero-order valence-corrected chi connectivity index (χ0v) is 22.2. The van der Waals surface area contributed by atoms with E-state index in [9.17, 15) is 56.2 Å². The first kappa shape index (κ1) is 31.0. The van der Waals surface area contributed by atoms with Gasteiger partial charge >= 0.3 is 0 Å². The summed E-state index contributed by atoms with van der Waals surface area (Å²) in [6, 6.07) is 6.01. The molecule has 11 atom stereocenters. The molecular weight excluding hydrogens is 580 g/mol. The Morgan fingerprint density at radius 3 is 1.79 bits per heavy atom. The molecule has 3 aliphatic heterocycles. The fourth-order valence-corrected chi connectivity index (χ4v) is 4.95. The van der Waals surface area contributed by atoms with E-state index in [0.717, 1.165) is 12.1 Å². The average molecular weight is 613 g/mol. The molecule has 236 valence electrons. The van der Waals surface area contributed by atoms with Crippen LogP contribution in [0.15, 0.2) is 36.1 Å². The molecule has 3 aliphatic rings. The van der Waals surface area contributed by atoms with Crippen molar-refractivity contribution in [1.29, 1.82) is 0 Å². The Kier molecular flexibility index (Phi) is 8.87. The highest BCUT2D eigenvalue weighted by atomic mass is 16.7. The number of hydrogen-bond acceptors (Lipinski definition) is 16. The second-order valence-corrected chi connectivity index (χ2v) is 10.3. The van der Waals surface area contributed by atoms with E-state index in [4.69, 9.17) is 23.7 Å². The molecule has 2 saturated heterocycles. The normalized spacial score (nSPS) is 35.8. The van der Waals surface area contributed by atoms with Crippen LogP contribution in [-0.4, -0.2) is 131 Å². The molecule has 5 rings (SSSR count). The van der Waals surface area contributed by atoms with Crippen LogP contribution in [0.5, 0.6) is 28.7 Å². The first-order chi connectivity index (χ1) is 20.4. The number of aliphatic hydroxyl groups is 8. The van der Waals surface area contributed by atoms with Crippen LogP contribution in [0.25, 0.3) is 6.08 Å². The highest BCUT2D eigenvalue weighted by molar-refractivity contribution is 5.70. The van der Waals surface area contributed by atoms with Gasteiger partial charge in [-0.15, -0.1) is 0 Å². The minimum Gasteiger partial charge on any atom is -0.508 e. The van der Waals surface area contributed by atoms with Gasteiger partial charge in [-0.2, -0.15) is 0 Å². The van der Waals surface area contributed by atoms with Crippen LogP contribution in [0, 0.1) is 0 Å². The number of fused-ring (bicyclic) bond motifs is 1. The second kappa shape index (κ2) is 12.3. The Labute approximate surface area is 243 Å². The molecule has 16 nitrogen and oxygen atoms in total. The van der Waals surface area contributed by atoms with Crippen LogP contribution in [0.2, 0.25) is 0 Å². The summed E-state index contributed by atoms with van der Waals surface area (Å²) in [6.07, 6.45) is -16.3. The van der Waals surface area contributed by atoms with Gasteiger partial charge in [0.2, 0.25) is 12.6 Å². The Morgan fingerprint density at radius 1 is 0.651 bits per heavy atom. The monoisotopic (exact) mass is 612 g/mol. The van der Waals surface area contributed by atoms with Gasteiger partial charge in [-0.25, -0.2) is 0 Å². The van der Waals surface area contributed by atoms with Gasteiger partial charge in [-0.3, -0.25) is 0 Å². The Balaban J connectivity index is 1.54. The first-order valence-corrected chi connectivity index (χ1v) is 13.1. The van der Waals surface area contributed by atoms with Crippen molar-refractivity contribution >= 4 is 6.08 Å². The molecule has 0 aliphatic carbocycles. The summed E-state index contributed by atoms with van der Waals surface area (Å²) in [5.41, 5.74) is 0.269. The third-order valence-corrected chi connectivity index (χ3v) is 7.37. The maximum Gasteiger partial charge on any atom is 0.229 e. The molecule has 0 amide bonds. The van der Waals surface area contributed by atoms with E-state index < -0.39 is 92.2 Å². The number of benzene rings is 2. The molecule has 11 unspecified atom stereocenters. The molecule has 43 heavy (non-hydrogen) atoms. The van der Waals surface area contributed by atoms with Crippen molar-refractivity contribution in [3.8, 4) is 28.7 Å². The van der Waals surface area contributed by atoms with Gasteiger partial charge < -0.3 is 79.9 Å². The van der Waals surface area contributed by atoms with Crippen molar-refractivity contribution in [2.45, 2.75) is 67.5 Å². The van der Waals surface area contributed by atoms with Crippen molar-refractivity contribution in [2.75, 3.05) is 13.2 Å². The molecule has 16 heteroatoms. The van der Waals surface area contributed by atoms with Crippen molar-refractivity contribution < 1.29 is 79.9 Å². The zero-order chi connectivity index (χ0) is 31.2. The highest BCUT2D eigenvalue weighted by Crippen LogP contribution is 2.46. The quantitative estimate of drug-likeness (QED) is 0.142. The lowest BCUT2D eigenvalue weighted by Gasteiger charge is -2.41. The minimum atomic E-state index is -1.81. The molecule has 0 aromatic heterocycles. The molecule has 0 spiro atoms. The predicted octanol–water partition coefficient (Wildman–Crippen LogP) is -2.73. The maximum atomic E-state index is 10.6. The Bertz CT molecular complexity index is 1330. The second-order valence-electron chi connectivity index (χ2n) is 10.3. The number of phenols is 3. The minimum absolute atomic E-state index is 0.0293. The van der Waals surface area contributed by atoms with Gasteiger partial charge in [0.25, 0.3) is 0 Å². The molecular formula is C27H32O16. The van der Waals surface area contributed by atoms with Crippen LogP contribution in [0.1, 0.15) is 17.2 Å². The van der Waals surface area contributed by atoms with E-state index in [1.165, 1.54) is 24.3 Å². The Hall–Kier alpha value is -3.42. The molecule has 11 N–H and O–H groups in total. The number of hydrogen-bond donors (Lipinski definition) is 11. The highest BCUT2D eigenvalue weighted by Gasteiger charge is 2.47. The van der Waals surface area contributed by atoms with Crippen LogP contribution < -0.4 is 9.47 Å². The van der Waals surface area contributed by atoms with Gasteiger partial charge in [-0.05, 0) is 18.2 Å². The third-order valence-electron chi connectivity index (χ3n) is 7.37. The van der Waals surface area contributed by atoms with E-state index in [1.54, 1.807) is 0 Å². The van der Waals surface area contributed by atoms with Crippen molar-refractivity contribution in [3.63, 3.8) is 0 Å². The summed E-state index contributed by atoms with van der Waals surface area (Å²) in [6.45, 7) is -1.45. The van der Waals surface area contributed by atoms with Gasteiger partial charge in [0.1, 0.15) is 71.8 Å². The van der Waals surface area contributed by atoms with E-state index in [-0.39, 0.29) is 34.1 Å². The predicted molar refractivity (Wildman–Crippen MR) is 138 cm³/mol. The summed E-state index contributed by atoms with van der Waals surface area (Å²) >= 11 is 0. The average Bonchev–Trinajstić information content (AvgIpc) is 2.98. The van der Waals surface area contributed by atoms with Crippen LogP contribution in [0.4, 0.5) is 0 Å². The summed E-state index contributed by atoms with van der Waals surface area (Å²) < 4.78 is 28.6. The van der Waals surface area contributed by atoms with Crippen molar-refractivity contribution in [2.24, 2.45) is 0 Å². The number of aliphatic hydroxyl groups excluding tert-OH is 8. The largest absolute Gasteiger partial charge is 0.508 e. The van der Waals surface area contributed by atoms with Gasteiger partial charge in [0.15, 0.2) is 17.6 Å². The van der Waals surface area contributed by atoms with Crippen molar-refractivity contribution in [3.05, 3.63) is 47.2 Å². The maximum absolute atomic E-state index is 10.6. The topological polar surface area (TPSA) is 269 Å². The van der Waals surface area contributed by atoms with Crippen LogP contribution in [-0.2, 0) is 14.2 Å². The summed E-state index contributed by atoms with van der Waals surface area (Å²) in [7, 11) is 0. The van der Waals surface area contributed by atoms with Crippen LogP contribution >= 0.6 is 0 Å². The first-order valence-electron chi connectivity index (χ1n) is 13.1. The number of aromatic hydroxyl groups is 3. The molecule has 2 aromatic rings. The zero-order valence-electron chi connectivity index (χ0n) is 22.2. The van der Waals surface area contributed by atoms with E-state index in [1.807, 2.05) is 0 Å². The smallest absolute Gasteiger partial charge is 0.229 e. The van der Waals surface area contributed by atoms with E-state index in [2.05, 4.69) is 0 Å². The van der Waals surface area contributed by atoms with E-state index in [0.29, 0.717) is 0 Å². The standard InChI is InChI=1S/C27H32O16/c28-7-17-19(33)21(35)23(37)26(42-17)40-15-5-10(30)4-14-11(15)6-16(25(39-14)9-1-2-12(31)13(32)3-9)41-27-24(38)22(36)20(34)18(8-29)43-27/h1-6,17-38H,7-8H2. The summed E-state index contributed by atoms with van der Waals surface area (Å²) in [5, 5.41) is 111. The van der Waals surface area contributed by atoms with Crippen LogP contribution in [0.3, 0.4) is 0 Å². The SMILES string of the molecule is OCC1OC(OC2=Cc3c(cc(O)cc3OC3OC(CO)C(O)C(O)C3O)OC2c2ccc(O)c(O)c2)C(O)C(O)C1O.